The summed E-state index contributed by atoms with van der Waals surface area (Å²) in [5, 5.41) is 18.0. The summed E-state index contributed by atoms with van der Waals surface area (Å²) in [6.45, 7) is 0. The zero-order valence-corrected chi connectivity index (χ0v) is 11.5. The van der Waals surface area contributed by atoms with Crippen molar-refractivity contribution in [2.75, 3.05) is 5.88 Å². The van der Waals surface area contributed by atoms with Gasteiger partial charge in [-0.3, -0.25) is 0 Å². The number of nitrogens with zero attached hydrogens (tertiary/aromatic N) is 2. The molecule has 19 heavy (non-hydrogen) atoms. The van der Waals surface area contributed by atoms with Crippen LogP contribution in [0.15, 0.2) is 46.6 Å². The lowest BCUT2D eigenvalue weighted by Gasteiger charge is -2.16. The Morgan fingerprint density at radius 1 is 1.32 bits per heavy atom. The van der Waals surface area contributed by atoms with Gasteiger partial charge in [0.2, 0.25) is 0 Å². The van der Waals surface area contributed by atoms with Gasteiger partial charge in [-0.1, -0.05) is 18.2 Å². The normalized spacial score (nSPS) is 17.4. The molecular weight excluding hydrogens is 274 g/mol. The molecule has 1 aromatic carbocycles. The molecule has 0 bridgehead atoms. The number of benzene rings is 1. The van der Waals surface area contributed by atoms with Crippen molar-refractivity contribution in [2.45, 2.75) is 0 Å². The maximum absolute atomic E-state index is 9.33. The quantitative estimate of drug-likeness (QED) is 0.869. The Labute approximate surface area is 118 Å². The lowest BCUT2D eigenvalue weighted by molar-refractivity contribution is 0.585. The Balaban J connectivity index is 1.96. The molecule has 0 radical (unpaired) electrons. The van der Waals surface area contributed by atoms with E-state index in [1.54, 1.807) is 23.1 Å². The molecule has 2 aromatic rings. The molecule has 0 saturated carbocycles. The highest BCUT2D eigenvalue weighted by atomic mass is 32.2. The number of allylic oxidation sites excluding steroid dienone is 1. The van der Waals surface area contributed by atoms with E-state index in [-0.39, 0.29) is 0 Å². The van der Waals surface area contributed by atoms with Crippen molar-refractivity contribution >= 4 is 38.9 Å². The van der Waals surface area contributed by atoms with E-state index >= 15 is 0 Å². The van der Waals surface area contributed by atoms with Crippen LogP contribution in [0.5, 0.6) is 0 Å². The van der Waals surface area contributed by atoms with Crippen molar-refractivity contribution in [1.82, 2.24) is 10.2 Å². The van der Waals surface area contributed by atoms with Gasteiger partial charge in [0, 0.05) is 26.4 Å². The fourth-order valence-electron chi connectivity index (χ4n) is 2.45. The van der Waals surface area contributed by atoms with Crippen LogP contribution in [-0.2, 0) is 0 Å². The average Bonchev–Trinajstić information content (AvgIpc) is 3.11. The first-order valence-electron chi connectivity index (χ1n) is 5.86. The predicted molar refractivity (Wildman–Crippen MR) is 79.9 cm³/mol. The molecule has 0 aliphatic carbocycles. The highest BCUT2D eigenvalue weighted by Crippen LogP contribution is 2.41. The minimum Gasteiger partial charge on any atom is -0.331 e. The van der Waals surface area contributed by atoms with Crippen LogP contribution >= 0.6 is 23.1 Å². The SMILES string of the molecule is N#CC1=C(c2csc3ccccc23)N2CSC=C2N1. The van der Waals surface area contributed by atoms with Gasteiger partial charge in [-0.15, -0.1) is 23.1 Å². The number of thioether (sulfide) groups is 1. The van der Waals surface area contributed by atoms with Crippen molar-refractivity contribution in [3.05, 3.63) is 52.1 Å². The monoisotopic (exact) mass is 283 g/mol. The van der Waals surface area contributed by atoms with Gasteiger partial charge >= 0.3 is 0 Å². The smallest absolute Gasteiger partial charge is 0.143 e. The molecule has 0 atom stereocenters. The Hall–Kier alpha value is -1.90. The van der Waals surface area contributed by atoms with Crippen molar-refractivity contribution in [1.29, 1.82) is 5.26 Å². The first-order chi connectivity index (χ1) is 9.38. The second-order valence-electron chi connectivity index (χ2n) is 4.33. The Morgan fingerprint density at radius 2 is 2.21 bits per heavy atom. The first kappa shape index (κ1) is 11.0. The average molecular weight is 283 g/mol. The fourth-order valence-corrected chi connectivity index (χ4v) is 4.23. The zero-order chi connectivity index (χ0) is 12.8. The van der Waals surface area contributed by atoms with E-state index in [1.807, 2.05) is 12.1 Å². The largest absolute Gasteiger partial charge is 0.331 e. The molecule has 4 rings (SSSR count). The lowest BCUT2D eigenvalue weighted by atomic mass is 10.1. The number of nitrogens with one attached hydrogen (secondary N) is 1. The summed E-state index contributed by atoms with van der Waals surface area (Å²) in [6.07, 6.45) is 0. The van der Waals surface area contributed by atoms with E-state index in [0.29, 0.717) is 5.70 Å². The molecule has 0 unspecified atom stereocenters. The number of hydrogen-bond acceptors (Lipinski definition) is 5. The third kappa shape index (κ3) is 1.51. The maximum atomic E-state index is 9.33. The standard InChI is InChI=1S/C14H9N3S2/c15-5-11-14(17-8-18-7-13(17)16-11)10-6-19-12-4-2-1-3-9(10)12/h1-4,6-7,16H,8H2. The summed E-state index contributed by atoms with van der Waals surface area (Å²) in [4.78, 5) is 2.18. The molecule has 5 heteroatoms. The highest BCUT2D eigenvalue weighted by molar-refractivity contribution is 8.02. The van der Waals surface area contributed by atoms with E-state index in [1.165, 1.54) is 10.1 Å². The van der Waals surface area contributed by atoms with Crippen molar-refractivity contribution in [2.24, 2.45) is 0 Å². The molecule has 2 aliphatic heterocycles. The summed E-state index contributed by atoms with van der Waals surface area (Å²) in [7, 11) is 0. The highest BCUT2D eigenvalue weighted by Gasteiger charge is 2.32. The van der Waals surface area contributed by atoms with Crippen molar-refractivity contribution < 1.29 is 0 Å². The lowest BCUT2D eigenvalue weighted by Crippen LogP contribution is -2.16. The molecule has 92 valence electrons. The second kappa shape index (κ2) is 4.05. The number of nitriles is 1. The Morgan fingerprint density at radius 3 is 3.11 bits per heavy atom. The molecule has 0 saturated heterocycles. The second-order valence-corrected chi connectivity index (χ2v) is 6.07. The molecule has 1 N–H and O–H groups in total. The van der Waals surface area contributed by atoms with Gasteiger partial charge in [0.15, 0.2) is 0 Å². The van der Waals surface area contributed by atoms with E-state index < -0.39 is 0 Å². The Bertz CT molecular complexity index is 779. The molecule has 2 aliphatic rings. The van der Waals surface area contributed by atoms with Crippen LogP contribution in [0.4, 0.5) is 0 Å². The number of hydrogen-bond donors (Lipinski definition) is 1. The summed E-state index contributed by atoms with van der Waals surface area (Å²) in [5.74, 6) is 1.89. The minimum atomic E-state index is 0.648. The van der Waals surface area contributed by atoms with Gasteiger partial charge in [-0.2, -0.15) is 5.26 Å². The number of fused-ring (bicyclic) bond motifs is 2. The number of rotatable bonds is 1. The Kier molecular flexibility index (Phi) is 2.34. The van der Waals surface area contributed by atoms with Gasteiger partial charge in [-0.25, -0.2) is 0 Å². The topological polar surface area (TPSA) is 39.1 Å². The van der Waals surface area contributed by atoms with E-state index in [9.17, 15) is 5.26 Å². The van der Waals surface area contributed by atoms with Gasteiger partial charge < -0.3 is 10.2 Å². The van der Waals surface area contributed by atoms with Gasteiger partial charge in [0.25, 0.3) is 0 Å². The summed E-state index contributed by atoms with van der Waals surface area (Å²) in [6, 6.07) is 10.6. The van der Waals surface area contributed by atoms with Crippen LogP contribution in [0.3, 0.4) is 0 Å². The molecular formula is C14H9N3S2. The van der Waals surface area contributed by atoms with Crippen molar-refractivity contribution in [3.63, 3.8) is 0 Å². The zero-order valence-electron chi connectivity index (χ0n) is 9.88. The third-order valence-corrected chi connectivity index (χ3v) is 5.06. The van der Waals surface area contributed by atoms with Gasteiger partial charge in [-0.05, 0) is 6.07 Å². The van der Waals surface area contributed by atoms with Crippen LogP contribution in [0.25, 0.3) is 15.8 Å². The maximum Gasteiger partial charge on any atom is 0.143 e. The summed E-state index contributed by atoms with van der Waals surface area (Å²) < 4.78 is 1.26. The minimum absolute atomic E-state index is 0.648. The van der Waals surface area contributed by atoms with E-state index in [2.05, 4.69) is 39.2 Å². The fraction of sp³-hybridized carbons (Fsp3) is 0.0714. The van der Waals surface area contributed by atoms with Crippen LogP contribution in [0.1, 0.15) is 5.56 Å². The van der Waals surface area contributed by atoms with Crippen LogP contribution in [-0.4, -0.2) is 10.8 Å². The molecule has 1 aromatic heterocycles. The van der Waals surface area contributed by atoms with Crippen LogP contribution < -0.4 is 5.32 Å². The first-order valence-corrected chi connectivity index (χ1v) is 7.78. The van der Waals surface area contributed by atoms with Crippen LogP contribution in [0, 0.1) is 11.3 Å². The van der Waals surface area contributed by atoms with E-state index in [0.717, 1.165) is 23.0 Å². The van der Waals surface area contributed by atoms with Crippen molar-refractivity contribution in [3.8, 4) is 6.07 Å². The van der Waals surface area contributed by atoms with Gasteiger partial charge in [0.05, 0.1) is 11.6 Å². The number of thiophene rings is 1. The summed E-state index contributed by atoms with van der Waals surface area (Å²) in [5.41, 5.74) is 2.81. The molecule has 3 heterocycles. The molecule has 0 amide bonds. The third-order valence-electron chi connectivity index (χ3n) is 3.30. The molecule has 3 nitrogen and oxygen atoms in total. The van der Waals surface area contributed by atoms with Gasteiger partial charge in [0.1, 0.15) is 17.6 Å². The van der Waals surface area contributed by atoms with Crippen LogP contribution in [0.2, 0.25) is 0 Å². The summed E-state index contributed by atoms with van der Waals surface area (Å²) >= 11 is 3.47. The predicted octanol–water partition coefficient (Wildman–Crippen LogP) is 3.50. The molecule has 0 fully saturated rings. The van der Waals surface area contributed by atoms with E-state index in [4.69, 9.17) is 0 Å². The molecule has 0 spiro atoms.